The molecule has 7 heteroatoms. The first kappa shape index (κ1) is 14.3. The fourth-order valence-corrected chi connectivity index (χ4v) is 1.88. The van der Waals surface area contributed by atoms with Crippen molar-refractivity contribution in [2.45, 2.75) is 25.8 Å². The van der Waals surface area contributed by atoms with E-state index in [2.05, 4.69) is 10.1 Å². The molecular formula is C11H19N3O4. The van der Waals surface area contributed by atoms with Crippen molar-refractivity contribution in [1.29, 1.82) is 0 Å². The molecule has 1 aliphatic rings. The van der Waals surface area contributed by atoms with E-state index in [-0.39, 0.29) is 17.9 Å². The van der Waals surface area contributed by atoms with Crippen LogP contribution in [0.15, 0.2) is 0 Å². The van der Waals surface area contributed by atoms with E-state index in [1.54, 1.807) is 11.8 Å². The van der Waals surface area contributed by atoms with Crippen LogP contribution in [0, 0.1) is 5.92 Å². The van der Waals surface area contributed by atoms with Crippen LogP contribution in [0.25, 0.3) is 0 Å². The maximum absolute atomic E-state index is 11.8. The molecule has 18 heavy (non-hydrogen) atoms. The predicted molar refractivity (Wildman–Crippen MR) is 63.5 cm³/mol. The van der Waals surface area contributed by atoms with E-state index in [1.165, 1.54) is 7.11 Å². The van der Waals surface area contributed by atoms with Gasteiger partial charge in [0.25, 0.3) is 0 Å². The van der Waals surface area contributed by atoms with E-state index in [4.69, 9.17) is 5.73 Å². The van der Waals surface area contributed by atoms with Gasteiger partial charge >= 0.3 is 12.0 Å². The Labute approximate surface area is 106 Å². The number of carbonyl (C=O) groups is 3. The molecular weight excluding hydrogens is 238 g/mol. The molecule has 7 nitrogen and oxygen atoms in total. The Morgan fingerprint density at radius 2 is 1.89 bits per heavy atom. The number of amides is 3. The predicted octanol–water partition coefficient (Wildman–Crippen LogP) is -0.545. The van der Waals surface area contributed by atoms with Gasteiger partial charge in [-0.25, -0.2) is 9.59 Å². The number of likely N-dealkylation sites (tertiary alicyclic amines) is 1. The Balaban J connectivity index is 2.41. The topological polar surface area (TPSA) is 102 Å². The summed E-state index contributed by atoms with van der Waals surface area (Å²) in [5.74, 6) is -0.972. The van der Waals surface area contributed by atoms with E-state index in [0.29, 0.717) is 25.9 Å². The van der Waals surface area contributed by atoms with E-state index in [0.717, 1.165) is 0 Å². The number of nitrogens with zero attached hydrogens (tertiary/aromatic N) is 1. The number of carbonyl (C=O) groups excluding carboxylic acids is 3. The largest absolute Gasteiger partial charge is 0.467 e. The van der Waals surface area contributed by atoms with Crippen LogP contribution < -0.4 is 11.1 Å². The Morgan fingerprint density at radius 1 is 1.33 bits per heavy atom. The number of nitrogens with one attached hydrogen (secondary N) is 1. The van der Waals surface area contributed by atoms with Crippen LogP contribution in [0.2, 0.25) is 0 Å². The van der Waals surface area contributed by atoms with E-state index < -0.39 is 12.0 Å². The number of rotatable bonds is 3. The number of ether oxygens (including phenoxy) is 1. The van der Waals surface area contributed by atoms with Crippen molar-refractivity contribution in [1.82, 2.24) is 10.2 Å². The first-order valence-corrected chi connectivity index (χ1v) is 5.88. The fraction of sp³-hybridized carbons (Fsp3) is 0.727. The monoisotopic (exact) mass is 257 g/mol. The molecule has 0 spiro atoms. The minimum atomic E-state index is -0.684. The molecule has 0 bridgehead atoms. The third-order valence-corrected chi connectivity index (χ3v) is 3.08. The normalized spacial score (nSPS) is 18.0. The summed E-state index contributed by atoms with van der Waals surface area (Å²) >= 11 is 0. The second-order valence-electron chi connectivity index (χ2n) is 4.36. The molecule has 0 aromatic carbocycles. The van der Waals surface area contributed by atoms with Gasteiger partial charge in [-0.15, -0.1) is 0 Å². The van der Waals surface area contributed by atoms with Crippen LogP contribution in [-0.4, -0.2) is 49.0 Å². The Kier molecular flexibility index (Phi) is 4.94. The number of primary amides is 1. The van der Waals surface area contributed by atoms with Crippen LogP contribution in [-0.2, 0) is 14.3 Å². The summed E-state index contributed by atoms with van der Waals surface area (Å²) in [5, 5.41) is 2.54. The van der Waals surface area contributed by atoms with Gasteiger partial charge in [-0.3, -0.25) is 4.79 Å². The van der Waals surface area contributed by atoms with Crippen molar-refractivity contribution < 1.29 is 19.1 Å². The van der Waals surface area contributed by atoms with Gasteiger partial charge in [-0.05, 0) is 19.8 Å². The maximum atomic E-state index is 11.8. The summed E-state index contributed by atoms with van der Waals surface area (Å²) in [5.41, 5.74) is 5.21. The Hall–Kier alpha value is -1.79. The molecule has 1 fully saturated rings. The molecule has 1 rings (SSSR count). The SMILES string of the molecule is COC(=O)[C@H](C)NC(=O)N1CCC(C(N)=O)CC1. The van der Waals surface area contributed by atoms with E-state index >= 15 is 0 Å². The zero-order chi connectivity index (χ0) is 13.7. The fourth-order valence-electron chi connectivity index (χ4n) is 1.88. The third kappa shape index (κ3) is 3.61. The van der Waals surface area contributed by atoms with Crippen LogP contribution in [0.5, 0.6) is 0 Å². The number of esters is 1. The molecule has 1 heterocycles. The quantitative estimate of drug-likeness (QED) is 0.662. The van der Waals surface area contributed by atoms with Crippen LogP contribution >= 0.6 is 0 Å². The smallest absolute Gasteiger partial charge is 0.328 e. The molecule has 0 radical (unpaired) electrons. The van der Waals surface area contributed by atoms with E-state index in [1.807, 2.05) is 0 Å². The van der Waals surface area contributed by atoms with E-state index in [9.17, 15) is 14.4 Å². The van der Waals surface area contributed by atoms with Crippen molar-refractivity contribution in [2.75, 3.05) is 20.2 Å². The van der Waals surface area contributed by atoms with Gasteiger partial charge in [-0.2, -0.15) is 0 Å². The molecule has 0 aliphatic carbocycles. The highest BCUT2D eigenvalue weighted by Crippen LogP contribution is 2.16. The second kappa shape index (κ2) is 6.23. The molecule has 0 saturated carbocycles. The third-order valence-electron chi connectivity index (χ3n) is 3.08. The van der Waals surface area contributed by atoms with Gasteiger partial charge in [-0.1, -0.05) is 0 Å². The highest BCUT2D eigenvalue weighted by Gasteiger charge is 2.27. The minimum absolute atomic E-state index is 0.160. The summed E-state index contributed by atoms with van der Waals surface area (Å²) in [7, 11) is 1.27. The van der Waals surface area contributed by atoms with Crippen molar-refractivity contribution in [3.05, 3.63) is 0 Å². The summed E-state index contributed by atoms with van der Waals surface area (Å²) in [4.78, 5) is 35.5. The molecule has 3 amide bonds. The highest BCUT2D eigenvalue weighted by molar-refractivity contribution is 5.83. The molecule has 1 saturated heterocycles. The van der Waals surface area contributed by atoms with Gasteiger partial charge in [0, 0.05) is 19.0 Å². The van der Waals surface area contributed by atoms with Gasteiger partial charge in [0.2, 0.25) is 5.91 Å². The lowest BCUT2D eigenvalue weighted by molar-refractivity contribution is -0.142. The zero-order valence-corrected chi connectivity index (χ0v) is 10.6. The first-order chi connectivity index (χ1) is 8.45. The summed E-state index contributed by atoms with van der Waals surface area (Å²) in [6.07, 6.45) is 1.13. The highest BCUT2D eigenvalue weighted by atomic mass is 16.5. The average Bonchev–Trinajstić information content (AvgIpc) is 2.37. The number of hydrogen-bond donors (Lipinski definition) is 2. The van der Waals surface area contributed by atoms with Crippen LogP contribution in [0.3, 0.4) is 0 Å². The van der Waals surface area contributed by atoms with Crippen LogP contribution in [0.4, 0.5) is 4.79 Å². The van der Waals surface area contributed by atoms with Gasteiger partial charge in [0.05, 0.1) is 7.11 Å². The molecule has 3 N–H and O–H groups in total. The molecule has 1 aliphatic heterocycles. The first-order valence-electron chi connectivity index (χ1n) is 5.88. The standard InChI is InChI=1S/C11H19N3O4/c1-7(10(16)18-2)13-11(17)14-5-3-8(4-6-14)9(12)15/h7-8H,3-6H2,1-2H3,(H2,12,15)(H,13,17)/t7-/m0/s1. The molecule has 0 aromatic rings. The molecule has 1 atom stereocenters. The lowest BCUT2D eigenvalue weighted by Gasteiger charge is -2.31. The van der Waals surface area contributed by atoms with Gasteiger partial charge in [0.1, 0.15) is 6.04 Å². The minimum Gasteiger partial charge on any atom is -0.467 e. The van der Waals surface area contributed by atoms with Crippen molar-refractivity contribution >= 4 is 17.9 Å². The lowest BCUT2D eigenvalue weighted by Crippen LogP contribution is -2.50. The average molecular weight is 257 g/mol. The number of nitrogens with two attached hydrogens (primary N) is 1. The lowest BCUT2D eigenvalue weighted by atomic mass is 9.96. The van der Waals surface area contributed by atoms with Crippen LogP contribution in [0.1, 0.15) is 19.8 Å². The Morgan fingerprint density at radius 3 is 2.33 bits per heavy atom. The zero-order valence-electron chi connectivity index (χ0n) is 10.6. The summed E-state index contributed by atoms with van der Waals surface area (Å²) < 4.78 is 4.52. The van der Waals surface area contributed by atoms with Gasteiger partial charge < -0.3 is 20.7 Å². The maximum Gasteiger partial charge on any atom is 0.328 e. The number of methoxy groups -OCH3 is 1. The molecule has 0 aromatic heterocycles. The molecule has 0 unspecified atom stereocenters. The second-order valence-corrected chi connectivity index (χ2v) is 4.36. The Bertz CT molecular complexity index is 337. The van der Waals surface area contributed by atoms with Crippen molar-refractivity contribution in [3.8, 4) is 0 Å². The van der Waals surface area contributed by atoms with Crippen molar-refractivity contribution in [3.63, 3.8) is 0 Å². The number of hydrogen-bond acceptors (Lipinski definition) is 4. The number of urea groups is 1. The molecule has 102 valence electrons. The summed E-state index contributed by atoms with van der Waals surface area (Å²) in [6, 6.07) is -1.01. The van der Waals surface area contributed by atoms with Crippen molar-refractivity contribution in [2.24, 2.45) is 11.7 Å². The van der Waals surface area contributed by atoms with Gasteiger partial charge in [0.15, 0.2) is 0 Å². The number of piperidine rings is 1. The summed E-state index contributed by atoms with van der Waals surface area (Å²) in [6.45, 7) is 2.49.